The molecule has 5 N–H and O–H groups in total. The van der Waals surface area contributed by atoms with Gasteiger partial charge in [-0.25, -0.2) is 0 Å². The fourth-order valence-electron chi connectivity index (χ4n) is 1.23. The summed E-state index contributed by atoms with van der Waals surface area (Å²) in [6, 6.07) is 5.69. The molecule has 0 spiro atoms. The van der Waals surface area contributed by atoms with Crippen LogP contribution in [0.25, 0.3) is 0 Å². The maximum atomic E-state index is 11.6. The first-order valence-corrected chi connectivity index (χ1v) is 5.77. The molecule has 0 saturated carbocycles. The van der Waals surface area contributed by atoms with E-state index in [4.69, 9.17) is 16.7 Å². The van der Waals surface area contributed by atoms with Crippen molar-refractivity contribution < 1.29 is 9.59 Å². The zero-order chi connectivity index (χ0) is 13.7. The monoisotopic (exact) mass is 310 g/mol. The van der Waals surface area contributed by atoms with Crippen molar-refractivity contribution in [2.45, 2.75) is 12.5 Å². The van der Waals surface area contributed by atoms with E-state index >= 15 is 0 Å². The van der Waals surface area contributed by atoms with Gasteiger partial charge in [0.25, 0.3) is 0 Å². The lowest BCUT2D eigenvalue weighted by Gasteiger charge is -2.11. The summed E-state index contributed by atoms with van der Waals surface area (Å²) in [5.74, 6) is -1.15. The van der Waals surface area contributed by atoms with Gasteiger partial charge in [0.2, 0.25) is 11.8 Å². The summed E-state index contributed by atoms with van der Waals surface area (Å²) < 4.78 is 0.561. The smallest absolute Gasteiger partial charge is 0.241 e. The Bertz CT molecular complexity index is 524. The summed E-state index contributed by atoms with van der Waals surface area (Å²) in [5.41, 5.74) is 11.4. The molecule has 0 aromatic heterocycles. The van der Waals surface area contributed by atoms with E-state index in [-0.39, 0.29) is 6.42 Å². The van der Waals surface area contributed by atoms with Crippen molar-refractivity contribution >= 4 is 33.4 Å². The fourth-order valence-corrected chi connectivity index (χ4v) is 1.70. The molecule has 0 saturated heterocycles. The first-order valence-electron chi connectivity index (χ1n) is 4.98. The zero-order valence-corrected chi connectivity index (χ0v) is 10.9. The molecule has 7 heteroatoms. The van der Waals surface area contributed by atoms with Crippen molar-refractivity contribution in [1.29, 1.82) is 5.26 Å². The number of benzene rings is 1. The number of amides is 2. The molecule has 6 nitrogen and oxygen atoms in total. The molecular weight excluding hydrogens is 300 g/mol. The molecule has 0 bridgehead atoms. The van der Waals surface area contributed by atoms with E-state index in [0.29, 0.717) is 15.7 Å². The van der Waals surface area contributed by atoms with Crippen LogP contribution in [0.1, 0.15) is 12.0 Å². The Morgan fingerprint density at radius 1 is 1.50 bits per heavy atom. The van der Waals surface area contributed by atoms with Crippen molar-refractivity contribution in [2.24, 2.45) is 11.5 Å². The maximum absolute atomic E-state index is 11.6. The number of anilines is 1. The average molecular weight is 311 g/mol. The molecule has 1 aromatic carbocycles. The van der Waals surface area contributed by atoms with Crippen LogP contribution in [0.5, 0.6) is 0 Å². The van der Waals surface area contributed by atoms with Gasteiger partial charge < -0.3 is 16.8 Å². The second-order valence-corrected chi connectivity index (χ2v) is 4.43. The highest BCUT2D eigenvalue weighted by Crippen LogP contribution is 2.20. The summed E-state index contributed by atoms with van der Waals surface area (Å²) in [4.78, 5) is 22.2. The van der Waals surface area contributed by atoms with Crippen molar-refractivity contribution in [1.82, 2.24) is 0 Å². The summed E-state index contributed by atoms with van der Waals surface area (Å²) in [5, 5.41) is 11.3. The molecule has 0 radical (unpaired) electrons. The van der Waals surface area contributed by atoms with E-state index < -0.39 is 17.9 Å². The standard InChI is InChI=1S/C11H11BrN4O2/c12-8-3-7(2-1-6(8)5-13)16-11(18)9(14)4-10(15)17/h1-3,9H,4,14H2,(H2,15,17)(H,16,18). The van der Waals surface area contributed by atoms with Crippen LogP contribution in [0.15, 0.2) is 22.7 Å². The molecule has 18 heavy (non-hydrogen) atoms. The van der Waals surface area contributed by atoms with E-state index in [1.165, 1.54) is 0 Å². The Kier molecular flexibility index (Phi) is 4.83. The van der Waals surface area contributed by atoms with Crippen molar-refractivity contribution in [3.8, 4) is 6.07 Å². The van der Waals surface area contributed by atoms with Crippen molar-refractivity contribution in [3.05, 3.63) is 28.2 Å². The number of carbonyl (C=O) groups excluding carboxylic acids is 2. The summed E-state index contributed by atoms with van der Waals surface area (Å²) in [6.45, 7) is 0. The highest BCUT2D eigenvalue weighted by atomic mass is 79.9. The van der Waals surface area contributed by atoms with Gasteiger partial charge in [-0.2, -0.15) is 5.26 Å². The molecule has 0 aliphatic rings. The Hall–Kier alpha value is -1.91. The highest BCUT2D eigenvalue weighted by Gasteiger charge is 2.16. The lowest BCUT2D eigenvalue weighted by molar-refractivity contribution is -0.123. The van der Waals surface area contributed by atoms with Crippen LogP contribution in [0.4, 0.5) is 5.69 Å². The summed E-state index contributed by atoms with van der Waals surface area (Å²) in [6.07, 6.45) is -0.219. The molecule has 1 atom stereocenters. The number of carbonyl (C=O) groups is 2. The van der Waals surface area contributed by atoms with Gasteiger partial charge in [0, 0.05) is 10.2 Å². The summed E-state index contributed by atoms with van der Waals surface area (Å²) in [7, 11) is 0. The number of hydrogen-bond donors (Lipinski definition) is 3. The minimum absolute atomic E-state index is 0.219. The molecule has 0 aliphatic carbocycles. The van der Waals surface area contributed by atoms with Gasteiger partial charge in [0.05, 0.1) is 18.0 Å². The summed E-state index contributed by atoms with van der Waals surface area (Å²) >= 11 is 3.20. The zero-order valence-electron chi connectivity index (χ0n) is 9.31. The van der Waals surface area contributed by atoms with Gasteiger partial charge in [0.1, 0.15) is 6.07 Å². The van der Waals surface area contributed by atoms with Gasteiger partial charge in [-0.3, -0.25) is 9.59 Å². The number of primary amides is 1. The largest absolute Gasteiger partial charge is 0.370 e. The van der Waals surface area contributed by atoms with Crippen LogP contribution >= 0.6 is 15.9 Å². The predicted octanol–water partition coefficient (Wildman–Crippen LogP) is 0.462. The van der Waals surface area contributed by atoms with Crippen LogP contribution in [0.2, 0.25) is 0 Å². The van der Waals surface area contributed by atoms with Crippen LogP contribution in [0, 0.1) is 11.3 Å². The number of hydrogen-bond acceptors (Lipinski definition) is 4. The number of nitrogens with two attached hydrogens (primary N) is 2. The molecule has 1 rings (SSSR count). The predicted molar refractivity (Wildman–Crippen MR) is 69.3 cm³/mol. The van der Waals surface area contributed by atoms with Gasteiger partial charge in [0.15, 0.2) is 0 Å². The van der Waals surface area contributed by atoms with Gasteiger partial charge in [-0.15, -0.1) is 0 Å². The van der Waals surface area contributed by atoms with Crippen LogP contribution in [-0.4, -0.2) is 17.9 Å². The first-order chi connectivity index (χ1) is 8.43. The highest BCUT2D eigenvalue weighted by molar-refractivity contribution is 9.10. The Labute approximate surface area is 112 Å². The van der Waals surface area contributed by atoms with E-state index in [2.05, 4.69) is 21.2 Å². The van der Waals surface area contributed by atoms with Crippen molar-refractivity contribution in [3.63, 3.8) is 0 Å². The second-order valence-electron chi connectivity index (χ2n) is 3.57. The van der Waals surface area contributed by atoms with Crippen LogP contribution < -0.4 is 16.8 Å². The molecule has 2 amide bonds. The van der Waals surface area contributed by atoms with Crippen LogP contribution in [0.3, 0.4) is 0 Å². The Balaban J connectivity index is 2.74. The average Bonchev–Trinajstić information content (AvgIpc) is 2.28. The molecule has 1 aromatic rings. The van der Waals surface area contributed by atoms with E-state index in [0.717, 1.165) is 0 Å². The third-order valence-corrected chi connectivity index (χ3v) is 2.77. The van der Waals surface area contributed by atoms with Crippen molar-refractivity contribution in [2.75, 3.05) is 5.32 Å². The lowest BCUT2D eigenvalue weighted by atomic mass is 10.2. The fraction of sp³-hybridized carbons (Fsp3) is 0.182. The molecular formula is C11H11BrN4O2. The minimum Gasteiger partial charge on any atom is -0.370 e. The Morgan fingerprint density at radius 2 is 2.17 bits per heavy atom. The third kappa shape index (κ3) is 3.84. The normalized spacial score (nSPS) is 11.4. The topological polar surface area (TPSA) is 122 Å². The Morgan fingerprint density at radius 3 is 2.67 bits per heavy atom. The van der Waals surface area contributed by atoms with E-state index in [1.54, 1.807) is 18.2 Å². The number of nitrogens with zero attached hydrogens (tertiary/aromatic N) is 1. The SMILES string of the molecule is N#Cc1ccc(NC(=O)C(N)CC(N)=O)cc1Br. The third-order valence-electron chi connectivity index (χ3n) is 2.11. The van der Waals surface area contributed by atoms with Gasteiger partial charge in [-0.1, -0.05) is 0 Å². The number of rotatable bonds is 4. The molecule has 0 aliphatic heterocycles. The maximum Gasteiger partial charge on any atom is 0.241 e. The number of nitriles is 1. The first kappa shape index (κ1) is 14.2. The number of nitrogens with one attached hydrogen (secondary N) is 1. The number of halogens is 1. The molecule has 0 fully saturated rings. The lowest BCUT2D eigenvalue weighted by Crippen LogP contribution is -2.38. The minimum atomic E-state index is -0.989. The quantitative estimate of drug-likeness (QED) is 0.747. The van der Waals surface area contributed by atoms with Crippen LogP contribution in [-0.2, 0) is 9.59 Å². The van der Waals surface area contributed by atoms with E-state index in [9.17, 15) is 9.59 Å². The van der Waals surface area contributed by atoms with Gasteiger partial charge in [-0.05, 0) is 34.1 Å². The molecule has 94 valence electrons. The van der Waals surface area contributed by atoms with Gasteiger partial charge >= 0.3 is 0 Å². The molecule has 0 heterocycles. The molecule has 1 unspecified atom stereocenters. The second kappa shape index (κ2) is 6.14. The van der Waals surface area contributed by atoms with E-state index in [1.807, 2.05) is 6.07 Å².